The van der Waals surface area contributed by atoms with E-state index >= 15 is 0 Å². The Kier molecular flexibility index (Phi) is 9.66. The number of barbiturate groups is 1. The Hall–Kier alpha value is -4.84. The van der Waals surface area contributed by atoms with E-state index in [1.807, 2.05) is 6.92 Å². The summed E-state index contributed by atoms with van der Waals surface area (Å²) >= 11 is 12.1. The average Bonchev–Trinajstić information content (AvgIpc) is 3.01. The number of rotatable bonds is 10. The van der Waals surface area contributed by atoms with E-state index in [-0.39, 0.29) is 40.9 Å². The Morgan fingerprint density at radius 3 is 2.24 bits per heavy atom. The molecule has 4 amide bonds. The van der Waals surface area contributed by atoms with Gasteiger partial charge in [0.25, 0.3) is 11.8 Å². The second-order valence-corrected chi connectivity index (χ2v) is 12.4. The molecule has 10 nitrogen and oxygen atoms in total. The summed E-state index contributed by atoms with van der Waals surface area (Å²) in [5.74, 6) is -1.33. The van der Waals surface area contributed by atoms with Gasteiger partial charge in [0, 0.05) is 15.6 Å². The number of hydrogen-bond acceptors (Lipinski definition) is 8. The highest BCUT2D eigenvalue weighted by atomic mass is 35.5. The minimum atomic E-state index is -4.17. The van der Waals surface area contributed by atoms with Crippen molar-refractivity contribution in [2.24, 2.45) is 0 Å². The normalized spacial score (nSPS) is 14.3. The summed E-state index contributed by atoms with van der Waals surface area (Å²) in [6, 6.07) is 20.6. The van der Waals surface area contributed by atoms with E-state index in [1.54, 1.807) is 49.4 Å². The van der Waals surface area contributed by atoms with Gasteiger partial charge in [-0.05, 0) is 86.2 Å². The third-order valence-electron chi connectivity index (χ3n) is 6.69. The van der Waals surface area contributed by atoms with Crippen molar-refractivity contribution in [3.05, 3.63) is 117 Å². The molecule has 0 bridgehead atoms. The Labute approximate surface area is 275 Å². The molecule has 236 valence electrons. The van der Waals surface area contributed by atoms with Gasteiger partial charge in [-0.25, -0.2) is 9.69 Å². The van der Waals surface area contributed by atoms with Crippen molar-refractivity contribution in [3.8, 4) is 17.2 Å². The summed E-state index contributed by atoms with van der Waals surface area (Å²) in [6.07, 6.45) is 1.27. The quantitative estimate of drug-likeness (QED) is 0.111. The van der Waals surface area contributed by atoms with Gasteiger partial charge in [0.1, 0.15) is 22.8 Å². The van der Waals surface area contributed by atoms with Crippen LogP contribution in [0.15, 0.2) is 95.4 Å². The van der Waals surface area contributed by atoms with Crippen molar-refractivity contribution in [3.63, 3.8) is 0 Å². The Balaban J connectivity index is 1.36. The predicted molar refractivity (Wildman–Crippen MR) is 173 cm³/mol. The number of anilines is 1. The van der Waals surface area contributed by atoms with Crippen LogP contribution >= 0.6 is 23.2 Å². The Bertz CT molecular complexity index is 1960. The largest absolute Gasteiger partial charge is 0.490 e. The van der Waals surface area contributed by atoms with E-state index in [0.29, 0.717) is 26.9 Å². The van der Waals surface area contributed by atoms with E-state index in [0.717, 1.165) is 10.5 Å². The molecule has 5 rings (SSSR count). The van der Waals surface area contributed by atoms with Gasteiger partial charge >= 0.3 is 16.1 Å². The molecule has 46 heavy (non-hydrogen) atoms. The standard InChI is InChI=1S/C33H26Cl2N2O8S/c1-3-43-30-17-21(6-15-29(30)45-46(41,42)26-13-4-20(2)5-14-26)16-27-31(38)36-33(40)37(32(27)39)24-9-11-25(12-10-24)44-19-22-7-8-23(34)18-28(22)35/h4-18H,3,19H2,1-2H3,(H,36,38,40)/b27-16+. The first-order valence-corrected chi connectivity index (χ1v) is 16.0. The minimum Gasteiger partial charge on any atom is -0.490 e. The molecule has 0 saturated carbocycles. The molecule has 0 unspecified atom stereocenters. The zero-order chi connectivity index (χ0) is 33.0. The van der Waals surface area contributed by atoms with Crippen molar-refractivity contribution in [2.75, 3.05) is 11.5 Å². The van der Waals surface area contributed by atoms with Crippen LogP contribution in [-0.2, 0) is 26.3 Å². The van der Waals surface area contributed by atoms with Gasteiger partial charge in [0.2, 0.25) is 0 Å². The minimum absolute atomic E-state index is 0.0356. The fourth-order valence-corrected chi connectivity index (χ4v) is 5.78. The maximum Gasteiger partial charge on any atom is 0.339 e. The molecule has 1 saturated heterocycles. The molecule has 0 aliphatic carbocycles. The summed E-state index contributed by atoms with van der Waals surface area (Å²) < 4.78 is 42.5. The summed E-state index contributed by atoms with van der Waals surface area (Å²) in [4.78, 5) is 39.7. The maximum atomic E-state index is 13.4. The number of benzene rings is 4. The molecule has 1 aliphatic heterocycles. The number of hydrogen-bond donors (Lipinski definition) is 1. The summed E-state index contributed by atoms with van der Waals surface area (Å²) in [6.45, 7) is 3.87. The van der Waals surface area contributed by atoms with E-state index < -0.39 is 28.0 Å². The summed E-state index contributed by atoms with van der Waals surface area (Å²) in [7, 11) is -4.17. The lowest BCUT2D eigenvalue weighted by Gasteiger charge is -2.26. The van der Waals surface area contributed by atoms with E-state index in [1.165, 1.54) is 48.5 Å². The van der Waals surface area contributed by atoms with Crippen LogP contribution in [0, 0.1) is 6.92 Å². The first-order valence-electron chi connectivity index (χ1n) is 13.8. The molecule has 13 heteroatoms. The lowest BCUT2D eigenvalue weighted by atomic mass is 10.1. The van der Waals surface area contributed by atoms with Gasteiger partial charge in [-0.15, -0.1) is 0 Å². The van der Waals surface area contributed by atoms with Crippen molar-refractivity contribution in [1.82, 2.24) is 5.32 Å². The molecule has 1 aliphatic rings. The number of imide groups is 2. The topological polar surface area (TPSA) is 128 Å². The summed E-state index contributed by atoms with van der Waals surface area (Å²) in [5, 5.41) is 3.12. The van der Waals surface area contributed by atoms with Crippen LogP contribution < -0.4 is 23.9 Å². The van der Waals surface area contributed by atoms with Crippen LogP contribution in [0.3, 0.4) is 0 Å². The van der Waals surface area contributed by atoms with Crippen LogP contribution in [-0.4, -0.2) is 32.9 Å². The monoisotopic (exact) mass is 680 g/mol. The molecule has 4 aromatic carbocycles. The van der Waals surface area contributed by atoms with E-state index in [9.17, 15) is 22.8 Å². The lowest BCUT2D eigenvalue weighted by molar-refractivity contribution is -0.122. The molecule has 0 spiro atoms. The van der Waals surface area contributed by atoms with Crippen LogP contribution in [0.1, 0.15) is 23.6 Å². The molecule has 0 atom stereocenters. The molecule has 1 fully saturated rings. The third-order valence-corrected chi connectivity index (χ3v) is 8.53. The number of aryl methyl sites for hydroxylation is 1. The number of halogens is 2. The zero-order valence-electron chi connectivity index (χ0n) is 24.5. The molecule has 1 heterocycles. The van der Waals surface area contributed by atoms with Crippen molar-refractivity contribution >= 4 is 62.9 Å². The van der Waals surface area contributed by atoms with E-state index in [4.69, 9.17) is 36.9 Å². The highest BCUT2D eigenvalue weighted by Gasteiger charge is 2.37. The number of nitrogens with zero attached hydrogens (tertiary/aromatic N) is 1. The van der Waals surface area contributed by atoms with E-state index in [2.05, 4.69) is 5.32 Å². The fourth-order valence-electron chi connectivity index (χ4n) is 4.37. The number of carbonyl (C=O) groups is 3. The van der Waals surface area contributed by atoms with Crippen molar-refractivity contribution in [1.29, 1.82) is 0 Å². The highest BCUT2D eigenvalue weighted by Crippen LogP contribution is 2.33. The third kappa shape index (κ3) is 7.34. The fraction of sp³-hybridized carbons (Fsp3) is 0.121. The number of carbonyl (C=O) groups excluding carboxylic acids is 3. The van der Waals surface area contributed by atoms with Crippen LogP contribution in [0.25, 0.3) is 6.08 Å². The zero-order valence-corrected chi connectivity index (χ0v) is 26.8. The lowest BCUT2D eigenvalue weighted by Crippen LogP contribution is -2.54. The number of amides is 4. The van der Waals surface area contributed by atoms with Gasteiger partial charge in [-0.3, -0.25) is 14.9 Å². The molecule has 0 aromatic heterocycles. The van der Waals surface area contributed by atoms with Gasteiger partial charge in [0.05, 0.1) is 12.3 Å². The molecular formula is C33H26Cl2N2O8S. The first kappa shape index (κ1) is 32.6. The van der Waals surface area contributed by atoms with Crippen LogP contribution in [0.5, 0.6) is 17.2 Å². The average molecular weight is 682 g/mol. The maximum absolute atomic E-state index is 13.4. The number of nitrogens with one attached hydrogen (secondary N) is 1. The van der Waals surface area contributed by atoms with Gasteiger partial charge in [0.15, 0.2) is 11.5 Å². The number of urea groups is 1. The van der Waals surface area contributed by atoms with Gasteiger partial charge < -0.3 is 13.7 Å². The predicted octanol–water partition coefficient (Wildman–Crippen LogP) is 6.71. The Morgan fingerprint density at radius 2 is 1.57 bits per heavy atom. The molecule has 4 aromatic rings. The first-order chi connectivity index (χ1) is 21.9. The SMILES string of the molecule is CCOc1cc(/C=C2\C(=O)NC(=O)N(c3ccc(OCc4ccc(Cl)cc4Cl)cc3)C2=O)ccc1OS(=O)(=O)c1ccc(C)cc1. The van der Waals surface area contributed by atoms with Gasteiger partial charge in [-0.1, -0.05) is 53.0 Å². The highest BCUT2D eigenvalue weighted by molar-refractivity contribution is 7.87. The summed E-state index contributed by atoms with van der Waals surface area (Å²) in [5.41, 5.74) is 1.78. The Morgan fingerprint density at radius 1 is 0.848 bits per heavy atom. The van der Waals surface area contributed by atoms with Crippen molar-refractivity contribution < 1.29 is 36.5 Å². The van der Waals surface area contributed by atoms with Crippen LogP contribution in [0.4, 0.5) is 10.5 Å². The second kappa shape index (κ2) is 13.7. The number of ether oxygens (including phenoxy) is 2. The molecular weight excluding hydrogens is 655 g/mol. The van der Waals surface area contributed by atoms with Gasteiger partial charge in [-0.2, -0.15) is 8.42 Å². The van der Waals surface area contributed by atoms with Crippen molar-refractivity contribution in [2.45, 2.75) is 25.3 Å². The smallest absolute Gasteiger partial charge is 0.339 e. The molecule has 0 radical (unpaired) electrons. The molecule has 1 N–H and O–H groups in total. The van der Waals surface area contributed by atoms with Crippen LogP contribution in [0.2, 0.25) is 10.0 Å². The second-order valence-electron chi connectivity index (χ2n) is 9.97.